The van der Waals surface area contributed by atoms with Crippen LogP contribution in [-0.2, 0) is 6.42 Å². The van der Waals surface area contributed by atoms with E-state index in [1.165, 1.54) is 11.3 Å². The van der Waals surface area contributed by atoms with Crippen molar-refractivity contribution in [3.05, 3.63) is 29.6 Å². The summed E-state index contributed by atoms with van der Waals surface area (Å²) in [6.07, 6.45) is 4.95. The Morgan fingerprint density at radius 2 is 2.12 bits per heavy atom. The second kappa shape index (κ2) is 6.53. The van der Waals surface area contributed by atoms with Crippen LogP contribution in [0, 0.1) is 24.2 Å². The molecular formula is C15H24N2. The van der Waals surface area contributed by atoms with Gasteiger partial charge >= 0.3 is 0 Å². The number of hydrogen-bond donors (Lipinski definition) is 1. The van der Waals surface area contributed by atoms with Crippen molar-refractivity contribution >= 4 is 5.71 Å². The minimum absolute atomic E-state index is 0.366. The molecule has 0 radical (unpaired) electrons. The molecule has 2 heteroatoms. The van der Waals surface area contributed by atoms with Crippen molar-refractivity contribution in [1.82, 2.24) is 4.98 Å². The first kappa shape index (κ1) is 13.9. The maximum Gasteiger partial charge on any atom is 0.0432 e. The summed E-state index contributed by atoms with van der Waals surface area (Å²) < 4.78 is 0. The molecule has 1 N–H and O–H groups in total. The fraction of sp³-hybridized carbons (Fsp3) is 0.600. The van der Waals surface area contributed by atoms with E-state index < -0.39 is 0 Å². The summed E-state index contributed by atoms with van der Waals surface area (Å²) in [4.78, 5) is 4.42. The van der Waals surface area contributed by atoms with Crippen LogP contribution in [-0.4, -0.2) is 10.7 Å². The van der Waals surface area contributed by atoms with E-state index in [0.29, 0.717) is 11.8 Å². The SMILES string of the molecule is CCC(CCc1ncccc1C)C(=N)C(C)C. The normalized spacial score (nSPS) is 12.8. The summed E-state index contributed by atoms with van der Waals surface area (Å²) in [5.41, 5.74) is 3.34. The van der Waals surface area contributed by atoms with Crippen LogP contribution in [0.25, 0.3) is 0 Å². The third-order valence-corrected chi connectivity index (χ3v) is 3.40. The zero-order valence-electron chi connectivity index (χ0n) is 11.5. The number of aromatic nitrogens is 1. The second-order valence-electron chi connectivity index (χ2n) is 5.02. The van der Waals surface area contributed by atoms with Gasteiger partial charge in [0.2, 0.25) is 0 Å². The topological polar surface area (TPSA) is 36.7 Å². The Kier molecular flexibility index (Phi) is 5.33. The molecule has 1 heterocycles. The summed E-state index contributed by atoms with van der Waals surface area (Å²) in [5, 5.41) is 8.10. The molecule has 0 aromatic carbocycles. The van der Waals surface area contributed by atoms with Gasteiger partial charge in [0, 0.05) is 17.6 Å². The lowest BCUT2D eigenvalue weighted by Gasteiger charge is -2.19. The average Bonchev–Trinajstić information content (AvgIpc) is 2.31. The van der Waals surface area contributed by atoms with Gasteiger partial charge in [-0.2, -0.15) is 0 Å². The molecule has 1 unspecified atom stereocenters. The highest BCUT2D eigenvalue weighted by atomic mass is 14.7. The van der Waals surface area contributed by atoms with Crippen LogP contribution in [0.4, 0.5) is 0 Å². The number of pyridine rings is 1. The standard InChI is InChI=1S/C15H24N2/c1-5-13(15(16)11(2)3)8-9-14-12(4)7-6-10-17-14/h6-7,10-11,13,16H,5,8-9H2,1-4H3. The lowest BCUT2D eigenvalue weighted by molar-refractivity contribution is 0.570. The Bertz CT molecular complexity index is 369. The van der Waals surface area contributed by atoms with E-state index in [1.807, 2.05) is 12.3 Å². The molecule has 0 amide bonds. The molecule has 1 rings (SSSR count). The first-order valence-electron chi connectivity index (χ1n) is 6.55. The number of nitrogens with zero attached hydrogens (tertiary/aromatic N) is 1. The van der Waals surface area contributed by atoms with Crippen molar-refractivity contribution in [3.8, 4) is 0 Å². The molecule has 0 aliphatic carbocycles. The number of rotatable bonds is 6. The van der Waals surface area contributed by atoms with Gasteiger partial charge in [-0.1, -0.05) is 26.8 Å². The minimum atomic E-state index is 0.366. The fourth-order valence-corrected chi connectivity index (χ4v) is 2.14. The van der Waals surface area contributed by atoms with E-state index in [1.54, 1.807) is 0 Å². The molecule has 0 spiro atoms. The highest BCUT2D eigenvalue weighted by Crippen LogP contribution is 2.18. The van der Waals surface area contributed by atoms with Crippen LogP contribution < -0.4 is 0 Å². The smallest absolute Gasteiger partial charge is 0.0432 e. The van der Waals surface area contributed by atoms with Crippen LogP contribution >= 0.6 is 0 Å². The van der Waals surface area contributed by atoms with Crippen LogP contribution in [0.3, 0.4) is 0 Å². The molecule has 0 saturated carbocycles. The van der Waals surface area contributed by atoms with Crippen LogP contribution in [0.5, 0.6) is 0 Å². The molecular weight excluding hydrogens is 208 g/mol. The van der Waals surface area contributed by atoms with Crippen LogP contribution in [0.2, 0.25) is 0 Å². The quantitative estimate of drug-likeness (QED) is 0.739. The summed E-state index contributed by atoms with van der Waals surface area (Å²) in [6, 6.07) is 4.09. The van der Waals surface area contributed by atoms with Gasteiger partial charge in [-0.3, -0.25) is 4.98 Å². The Labute approximate surface area is 105 Å². The lowest BCUT2D eigenvalue weighted by atomic mass is 9.87. The first-order valence-corrected chi connectivity index (χ1v) is 6.55. The van der Waals surface area contributed by atoms with E-state index >= 15 is 0 Å². The highest BCUT2D eigenvalue weighted by molar-refractivity contribution is 5.85. The number of aryl methyl sites for hydroxylation is 2. The summed E-state index contributed by atoms with van der Waals surface area (Å²) in [6.45, 7) is 8.50. The molecule has 0 bridgehead atoms. The monoisotopic (exact) mass is 232 g/mol. The first-order chi connectivity index (χ1) is 8.06. The minimum Gasteiger partial charge on any atom is -0.309 e. The predicted octanol–water partition coefficient (Wildman–Crippen LogP) is 4.02. The zero-order valence-corrected chi connectivity index (χ0v) is 11.5. The molecule has 17 heavy (non-hydrogen) atoms. The number of nitrogens with one attached hydrogen (secondary N) is 1. The van der Waals surface area contributed by atoms with E-state index in [0.717, 1.165) is 25.0 Å². The predicted molar refractivity (Wildman–Crippen MR) is 73.6 cm³/mol. The van der Waals surface area contributed by atoms with Gasteiger partial charge in [0.25, 0.3) is 0 Å². The molecule has 1 aromatic rings. The molecule has 2 nitrogen and oxygen atoms in total. The third kappa shape index (κ3) is 3.95. The van der Waals surface area contributed by atoms with Gasteiger partial charge in [0.15, 0.2) is 0 Å². The van der Waals surface area contributed by atoms with Crippen molar-refractivity contribution in [2.24, 2.45) is 11.8 Å². The third-order valence-electron chi connectivity index (χ3n) is 3.40. The molecule has 0 aliphatic rings. The molecule has 94 valence electrons. The Morgan fingerprint density at radius 3 is 2.65 bits per heavy atom. The van der Waals surface area contributed by atoms with Crippen molar-refractivity contribution < 1.29 is 0 Å². The van der Waals surface area contributed by atoms with Gasteiger partial charge in [-0.25, -0.2) is 0 Å². The van der Waals surface area contributed by atoms with Gasteiger partial charge in [-0.05, 0) is 49.7 Å². The summed E-state index contributed by atoms with van der Waals surface area (Å²) in [5.74, 6) is 0.779. The maximum absolute atomic E-state index is 8.10. The van der Waals surface area contributed by atoms with Crippen molar-refractivity contribution in [1.29, 1.82) is 5.41 Å². The summed E-state index contributed by atoms with van der Waals surface area (Å²) in [7, 11) is 0. The molecule has 1 aromatic heterocycles. The fourth-order valence-electron chi connectivity index (χ4n) is 2.14. The van der Waals surface area contributed by atoms with E-state index in [4.69, 9.17) is 5.41 Å². The molecule has 1 atom stereocenters. The van der Waals surface area contributed by atoms with Crippen LogP contribution in [0.15, 0.2) is 18.3 Å². The Hall–Kier alpha value is -1.18. The van der Waals surface area contributed by atoms with Crippen LogP contribution in [0.1, 0.15) is 44.9 Å². The second-order valence-corrected chi connectivity index (χ2v) is 5.02. The number of hydrogen-bond acceptors (Lipinski definition) is 2. The van der Waals surface area contributed by atoms with E-state index in [-0.39, 0.29) is 0 Å². The lowest BCUT2D eigenvalue weighted by Crippen LogP contribution is -2.19. The Morgan fingerprint density at radius 1 is 1.41 bits per heavy atom. The maximum atomic E-state index is 8.10. The summed E-state index contributed by atoms with van der Waals surface area (Å²) >= 11 is 0. The average molecular weight is 232 g/mol. The van der Waals surface area contributed by atoms with Gasteiger partial charge in [0.1, 0.15) is 0 Å². The van der Waals surface area contributed by atoms with Crippen molar-refractivity contribution in [2.75, 3.05) is 0 Å². The van der Waals surface area contributed by atoms with Gasteiger partial charge < -0.3 is 5.41 Å². The molecule has 0 aliphatic heterocycles. The zero-order chi connectivity index (χ0) is 12.8. The van der Waals surface area contributed by atoms with Crippen molar-refractivity contribution in [2.45, 2.75) is 47.0 Å². The van der Waals surface area contributed by atoms with E-state index in [2.05, 4.69) is 38.7 Å². The molecule has 0 fully saturated rings. The van der Waals surface area contributed by atoms with Gasteiger partial charge in [-0.15, -0.1) is 0 Å². The Balaban J connectivity index is 2.60. The van der Waals surface area contributed by atoms with Crippen molar-refractivity contribution in [3.63, 3.8) is 0 Å². The highest BCUT2D eigenvalue weighted by Gasteiger charge is 2.16. The van der Waals surface area contributed by atoms with E-state index in [9.17, 15) is 0 Å². The van der Waals surface area contributed by atoms with Gasteiger partial charge in [0.05, 0.1) is 0 Å². The molecule has 0 saturated heterocycles. The largest absolute Gasteiger partial charge is 0.309 e.